The zero-order valence-electron chi connectivity index (χ0n) is 14.0. The lowest BCUT2D eigenvalue weighted by molar-refractivity contribution is 0.689. The molecule has 1 aromatic heterocycles. The van der Waals surface area contributed by atoms with Crippen LogP contribution in [0.4, 0.5) is 0 Å². The summed E-state index contributed by atoms with van der Waals surface area (Å²) in [5.41, 5.74) is 5.43. The van der Waals surface area contributed by atoms with Gasteiger partial charge in [0.2, 0.25) is 0 Å². The van der Waals surface area contributed by atoms with Gasteiger partial charge in [0.1, 0.15) is 0 Å². The highest BCUT2D eigenvalue weighted by Gasteiger charge is 2.23. The molecule has 0 spiro atoms. The Morgan fingerprint density at radius 1 is 1.08 bits per heavy atom. The van der Waals surface area contributed by atoms with E-state index >= 15 is 0 Å². The molecule has 0 fully saturated rings. The van der Waals surface area contributed by atoms with Gasteiger partial charge in [0.15, 0.2) is 0 Å². The Morgan fingerprint density at radius 3 is 2.67 bits per heavy atom. The van der Waals surface area contributed by atoms with E-state index in [0.717, 1.165) is 27.3 Å². The molecule has 2 heterocycles. The van der Waals surface area contributed by atoms with Gasteiger partial charge in [0, 0.05) is 22.7 Å². The molecule has 3 aromatic rings. The molecule has 0 amide bonds. The number of hydrogen-bond donors (Lipinski definition) is 0. The summed E-state index contributed by atoms with van der Waals surface area (Å²) in [5.74, 6) is 0.428. The SMILES string of the molecule is CC1=CS(=O)c2ccnc(-c3cc(C(C)C)c4ccccc4c3)c21. The number of rotatable bonds is 2. The van der Waals surface area contributed by atoms with Crippen LogP contribution in [0.25, 0.3) is 27.6 Å². The first-order valence-electron chi connectivity index (χ1n) is 8.17. The van der Waals surface area contributed by atoms with Crippen LogP contribution in [-0.2, 0) is 10.8 Å². The lowest BCUT2D eigenvalue weighted by atomic mass is 9.91. The number of hydrogen-bond acceptors (Lipinski definition) is 2. The summed E-state index contributed by atoms with van der Waals surface area (Å²) in [6.45, 7) is 6.45. The zero-order valence-corrected chi connectivity index (χ0v) is 14.9. The van der Waals surface area contributed by atoms with Crippen molar-refractivity contribution in [3.63, 3.8) is 0 Å². The Balaban J connectivity index is 2.03. The quantitative estimate of drug-likeness (QED) is 0.619. The van der Waals surface area contributed by atoms with Crippen LogP contribution in [0, 0.1) is 0 Å². The monoisotopic (exact) mass is 333 g/mol. The summed E-state index contributed by atoms with van der Waals surface area (Å²) in [6, 6.07) is 14.8. The predicted molar refractivity (Wildman–Crippen MR) is 101 cm³/mol. The van der Waals surface area contributed by atoms with Crippen molar-refractivity contribution in [1.29, 1.82) is 0 Å². The van der Waals surface area contributed by atoms with E-state index in [9.17, 15) is 4.21 Å². The van der Waals surface area contributed by atoms with E-state index in [1.54, 1.807) is 6.20 Å². The summed E-state index contributed by atoms with van der Waals surface area (Å²) in [7, 11) is -1.06. The van der Waals surface area contributed by atoms with E-state index in [4.69, 9.17) is 0 Å². The molecule has 120 valence electrons. The van der Waals surface area contributed by atoms with Gasteiger partial charge in [0.25, 0.3) is 0 Å². The first kappa shape index (κ1) is 15.3. The summed E-state index contributed by atoms with van der Waals surface area (Å²) < 4.78 is 12.3. The third-order valence-corrected chi connectivity index (χ3v) is 5.94. The molecule has 1 atom stereocenters. The molecular formula is C21H19NOS. The van der Waals surface area contributed by atoms with Crippen LogP contribution in [0.1, 0.15) is 37.8 Å². The smallest absolute Gasteiger partial charge is 0.0789 e. The van der Waals surface area contributed by atoms with Gasteiger partial charge in [-0.25, -0.2) is 4.21 Å². The van der Waals surface area contributed by atoms with Crippen LogP contribution in [0.15, 0.2) is 59.0 Å². The van der Waals surface area contributed by atoms with Crippen molar-refractivity contribution in [1.82, 2.24) is 4.98 Å². The summed E-state index contributed by atoms with van der Waals surface area (Å²) in [6.07, 6.45) is 1.77. The Morgan fingerprint density at radius 2 is 1.88 bits per heavy atom. The molecule has 1 aliphatic rings. The molecular weight excluding hydrogens is 314 g/mol. The predicted octanol–water partition coefficient (Wildman–Crippen LogP) is 5.51. The van der Waals surface area contributed by atoms with E-state index in [1.807, 2.05) is 18.4 Å². The van der Waals surface area contributed by atoms with Crippen molar-refractivity contribution in [3.8, 4) is 11.3 Å². The van der Waals surface area contributed by atoms with Gasteiger partial charge in [-0.2, -0.15) is 0 Å². The Kier molecular flexibility index (Phi) is 3.61. The molecule has 2 aromatic carbocycles. The fourth-order valence-electron chi connectivity index (χ4n) is 3.45. The third kappa shape index (κ3) is 2.31. The minimum absolute atomic E-state index is 0.428. The average molecular weight is 333 g/mol. The molecule has 0 saturated carbocycles. The summed E-state index contributed by atoms with van der Waals surface area (Å²) in [5, 5.41) is 4.33. The van der Waals surface area contributed by atoms with Crippen LogP contribution in [0.5, 0.6) is 0 Å². The number of benzene rings is 2. The second-order valence-electron chi connectivity index (χ2n) is 6.57. The fraction of sp³-hybridized carbons (Fsp3) is 0.190. The number of fused-ring (bicyclic) bond motifs is 2. The van der Waals surface area contributed by atoms with Crippen molar-refractivity contribution < 1.29 is 4.21 Å². The molecule has 1 unspecified atom stereocenters. The number of pyridine rings is 1. The lowest BCUT2D eigenvalue weighted by Crippen LogP contribution is -1.96. The van der Waals surface area contributed by atoms with E-state index < -0.39 is 10.8 Å². The minimum Gasteiger partial charge on any atom is -0.256 e. The molecule has 0 saturated heterocycles. The van der Waals surface area contributed by atoms with E-state index in [-0.39, 0.29) is 0 Å². The van der Waals surface area contributed by atoms with E-state index in [2.05, 4.69) is 55.2 Å². The largest absolute Gasteiger partial charge is 0.256 e. The van der Waals surface area contributed by atoms with Gasteiger partial charge in [-0.3, -0.25) is 4.98 Å². The fourth-order valence-corrected chi connectivity index (χ4v) is 4.67. The van der Waals surface area contributed by atoms with Crippen molar-refractivity contribution in [2.24, 2.45) is 0 Å². The van der Waals surface area contributed by atoms with Gasteiger partial charge >= 0.3 is 0 Å². The van der Waals surface area contributed by atoms with Gasteiger partial charge in [-0.15, -0.1) is 0 Å². The summed E-state index contributed by atoms with van der Waals surface area (Å²) >= 11 is 0. The molecule has 0 N–H and O–H groups in total. The van der Waals surface area contributed by atoms with Crippen LogP contribution in [0.3, 0.4) is 0 Å². The van der Waals surface area contributed by atoms with E-state index in [0.29, 0.717) is 5.92 Å². The molecule has 2 nitrogen and oxygen atoms in total. The molecule has 0 bridgehead atoms. The van der Waals surface area contributed by atoms with Crippen LogP contribution in [0.2, 0.25) is 0 Å². The molecule has 0 aliphatic carbocycles. The van der Waals surface area contributed by atoms with Crippen LogP contribution < -0.4 is 0 Å². The molecule has 0 radical (unpaired) electrons. The van der Waals surface area contributed by atoms with Crippen molar-refractivity contribution in [2.45, 2.75) is 31.6 Å². The number of allylic oxidation sites excluding steroid dienone is 1. The van der Waals surface area contributed by atoms with Crippen LogP contribution in [-0.4, -0.2) is 9.19 Å². The second kappa shape index (κ2) is 5.67. The van der Waals surface area contributed by atoms with Crippen molar-refractivity contribution in [2.75, 3.05) is 0 Å². The summed E-state index contributed by atoms with van der Waals surface area (Å²) in [4.78, 5) is 5.51. The molecule has 3 heteroatoms. The zero-order chi connectivity index (χ0) is 16.8. The van der Waals surface area contributed by atoms with Gasteiger partial charge < -0.3 is 0 Å². The first-order valence-corrected chi connectivity index (χ1v) is 9.39. The first-order chi connectivity index (χ1) is 11.6. The highest BCUT2D eigenvalue weighted by molar-refractivity contribution is 7.88. The molecule has 4 rings (SSSR count). The Labute approximate surface area is 144 Å². The number of nitrogens with zero attached hydrogens (tertiary/aromatic N) is 1. The van der Waals surface area contributed by atoms with Crippen LogP contribution >= 0.6 is 0 Å². The maximum atomic E-state index is 12.3. The minimum atomic E-state index is -1.06. The van der Waals surface area contributed by atoms with Crippen molar-refractivity contribution >= 4 is 27.1 Å². The maximum absolute atomic E-state index is 12.3. The normalized spacial score (nSPS) is 16.5. The average Bonchev–Trinajstić information content (AvgIpc) is 2.88. The lowest BCUT2D eigenvalue weighted by Gasteiger charge is -2.15. The second-order valence-corrected chi connectivity index (χ2v) is 7.84. The highest BCUT2D eigenvalue weighted by Crippen LogP contribution is 2.39. The van der Waals surface area contributed by atoms with Gasteiger partial charge in [-0.05, 0) is 52.9 Å². The molecule has 24 heavy (non-hydrogen) atoms. The third-order valence-electron chi connectivity index (χ3n) is 4.60. The van der Waals surface area contributed by atoms with E-state index in [1.165, 1.54) is 16.3 Å². The maximum Gasteiger partial charge on any atom is 0.0789 e. The Bertz CT molecular complexity index is 1020. The number of aromatic nitrogens is 1. The standard InChI is InChI=1S/C21H19NOS/c1-13(2)18-11-16(10-15-6-4-5-7-17(15)18)21-20-14(3)12-24(23)19(20)8-9-22-21/h4-13H,1-3H3. The van der Waals surface area contributed by atoms with Crippen molar-refractivity contribution in [3.05, 3.63) is 65.2 Å². The highest BCUT2D eigenvalue weighted by atomic mass is 32.2. The van der Waals surface area contributed by atoms with Gasteiger partial charge in [0.05, 0.1) is 21.4 Å². The Hall–Kier alpha value is -2.26. The van der Waals surface area contributed by atoms with Gasteiger partial charge in [-0.1, -0.05) is 38.1 Å². The topological polar surface area (TPSA) is 30.0 Å². The molecule has 1 aliphatic heterocycles.